The van der Waals surface area contributed by atoms with Gasteiger partial charge in [-0.25, -0.2) is 13.1 Å². The number of carbonyl (C=O) groups excluding carboxylic acids is 2. The van der Waals surface area contributed by atoms with Crippen LogP contribution in [0.5, 0.6) is 0 Å². The van der Waals surface area contributed by atoms with E-state index in [4.69, 9.17) is 0 Å². The first-order valence-corrected chi connectivity index (χ1v) is 7.72. The van der Waals surface area contributed by atoms with Crippen molar-refractivity contribution in [2.75, 3.05) is 13.1 Å². The van der Waals surface area contributed by atoms with Crippen molar-refractivity contribution >= 4 is 21.7 Å². The molecule has 0 saturated heterocycles. The largest absolute Gasteiger partial charge is 0.355 e. The summed E-state index contributed by atoms with van der Waals surface area (Å²) in [7, 11) is -3.68. The lowest BCUT2D eigenvalue weighted by Crippen LogP contribution is -2.33. The van der Waals surface area contributed by atoms with Crippen LogP contribution in [-0.2, 0) is 14.8 Å². The van der Waals surface area contributed by atoms with Crippen LogP contribution in [0.3, 0.4) is 0 Å². The molecule has 0 fully saturated rings. The number of Topliss-reactive ketones (excluding diaryl/α,β-unsaturated/α-hetero) is 1. The highest BCUT2D eigenvalue weighted by molar-refractivity contribution is 7.89. The average Bonchev–Trinajstić information content (AvgIpc) is 2.42. The molecular formula is C13H18N2O4S. The van der Waals surface area contributed by atoms with Crippen LogP contribution in [0, 0.1) is 0 Å². The lowest BCUT2D eigenvalue weighted by molar-refractivity contribution is -0.118. The molecule has 7 heteroatoms. The molecule has 6 nitrogen and oxygen atoms in total. The first kappa shape index (κ1) is 16.3. The summed E-state index contributed by atoms with van der Waals surface area (Å²) in [5.41, 5.74) is 0.372. The topological polar surface area (TPSA) is 92.3 Å². The first-order chi connectivity index (χ1) is 9.36. The molecule has 110 valence electrons. The molecule has 0 spiro atoms. The number of ketones is 1. The van der Waals surface area contributed by atoms with Crippen molar-refractivity contribution in [2.24, 2.45) is 0 Å². The van der Waals surface area contributed by atoms with E-state index in [1.54, 1.807) is 13.0 Å². The number of sulfonamides is 1. The summed E-state index contributed by atoms with van der Waals surface area (Å²) in [5.74, 6) is -0.333. The van der Waals surface area contributed by atoms with E-state index in [0.717, 1.165) is 0 Å². The Morgan fingerprint density at radius 2 is 1.90 bits per heavy atom. The molecular weight excluding hydrogens is 280 g/mol. The van der Waals surface area contributed by atoms with E-state index in [1.807, 2.05) is 0 Å². The van der Waals surface area contributed by atoms with Crippen molar-refractivity contribution in [3.05, 3.63) is 29.8 Å². The quantitative estimate of drug-likeness (QED) is 0.572. The molecule has 0 aliphatic rings. The minimum Gasteiger partial charge on any atom is -0.355 e. The van der Waals surface area contributed by atoms with Crippen molar-refractivity contribution in [1.29, 1.82) is 0 Å². The van der Waals surface area contributed by atoms with E-state index in [2.05, 4.69) is 10.0 Å². The zero-order valence-electron chi connectivity index (χ0n) is 11.5. The van der Waals surface area contributed by atoms with Crippen LogP contribution in [0.2, 0.25) is 0 Å². The van der Waals surface area contributed by atoms with Crippen molar-refractivity contribution in [1.82, 2.24) is 10.0 Å². The number of hydrogen-bond acceptors (Lipinski definition) is 4. The lowest BCUT2D eigenvalue weighted by Gasteiger charge is -2.08. The van der Waals surface area contributed by atoms with E-state index in [1.165, 1.54) is 25.1 Å². The van der Waals surface area contributed by atoms with Crippen LogP contribution in [0.25, 0.3) is 0 Å². The van der Waals surface area contributed by atoms with Crippen molar-refractivity contribution < 1.29 is 18.0 Å². The number of hydrogen-bond donors (Lipinski definition) is 2. The van der Waals surface area contributed by atoms with Crippen LogP contribution < -0.4 is 10.0 Å². The zero-order chi connectivity index (χ0) is 15.2. The van der Waals surface area contributed by atoms with Crippen LogP contribution in [0.15, 0.2) is 29.2 Å². The fourth-order valence-corrected chi connectivity index (χ4v) is 2.63. The third-order valence-corrected chi connectivity index (χ3v) is 4.04. The summed E-state index contributed by atoms with van der Waals surface area (Å²) < 4.78 is 26.4. The Bertz CT molecular complexity index is 596. The van der Waals surface area contributed by atoms with Crippen LogP contribution >= 0.6 is 0 Å². The number of amides is 1. The van der Waals surface area contributed by atoms with Crippen molar-refractivity contribution in [2.45, 2.75) is 25.2 Å². The first-order valence-electron chi connectivity index (χ1n) is 6.24. The number of carbonyl (C=O) groups is 2. The van der Waals surface area contributed by atoms with Gasteiger partial charge in [0.2, 0.25) is 15.9 Å². The Hall–Kier alpha value is -1.73. The van der Waals surface area contributed by atoms with Crippen LogP contribution in [-0.4, -0.2) is 33.2 Å². The second-order valence-corrected chi connectivity index (χ2v) is 5.95. The second kappa shape index (κ2) is 7.16. The van der Waals surface area contributed by atoms with E-state index in [9.17, 15) is 18.0 Å². The maximum absolute atomic E-state index is 12.0. The third kappa shape index (κ3) is 4.75. The summed E-state index contributed by atoms with van der Waals surface area (Å²) in [4.78, 5) is 22.3. The Labute approximate surface area is 118 Å². The molecule has 0 radical (unpaired) electrons. The Morgan fingerprint density at radius 3 is 2.50 bits per heavy atom. The third-order valence-electron chi connectivity index (χ3n) is 2.58. The van der Waals surface area contributed by atoms with Crippen LogP contribution in [0.1, 0.15) is 30.6 Å². The predicted molar refractivity (Wildman–Crippen MR) is 74.9 cm³/mol. The molecule has 2 N–H and O–H groups in total. The SMILES string of the molecule is CCC(=O)c1cccc(S(=O)(=O)NCCNC(C)=O)c1. The van der Waals surface area contributed by atoms with E-state index >= 15 is 0 Å². The van der Waals surface area contributed by atoms with E-state index in [-0.39, 0.29) is 29.7 Å². The van der Waals surface area contributed by atoms with Gasteiger partial charge in [-0.2, -0.15) is 0 Å². The lowest BCUT2D eigenvalue weighted by atomic mass is 10.1. The zero-order valence-corrected chi connectivity index (χ0v) is 12.3. The van der Waals surface area contributed by atoms with Gasteiger partial charge in [0.15, 0.2) is 5.78 Å². The molecule has 0 aliphatic heterocycles. The molecule has 0 bridgehead atoms. The molecule has 20 heavy (non-hydrogen) atoms. The number of benzene rings is 1. The van der Waals surface area contributed by atoms with Gasteiger partial charge < -0.3 is 5.32 Å². The van der Waals surface area contributed by atoms with Gasteiger partial charge in [0.25, 0.3) is 0 Å². The summed E-state index contributed by atoms with van der Waals surface area (Å²) >= 11 is 0. The molecule has 1 rings (SSSR count). The normalized spacial score (nSPS) is 11.1. The minimum atomic E-state index is -3.68. The summed E-state index contributed by atoms with van der Waals surface area (Å²) in [6.45, 7) is 3.37. The fraction of sp³-hybridized carbons (Fsp3) is 0.385. The molecule has 0 aliphatic carbocycles. The molecule has 0 aromatic heterocycles. The molecule has 0 heterocycles. The van der Waals surface area contributed by atoms with Crippen molar-refractivity contribution in [3.63, 3.8) is 0 Å². The fourth-order valence-electron chi connectivity index (χ4n) is 1.55. The van der Waals surface area contributed by atoms with E-state index < -0.39 is 10.0 Å². The number of nitrogens with one attached hydrogen (secondary N) is 2. The predicted octanol–water partition coefficient (Wildman–Crippen LogP) is 0.694. The maximum Gasteiger partial charge on any atom is 0.240 e. The summed E-state index contributed by atoms with van der Waals surface area (Å²) in [6.07, 6.45) is 0.319. The van der Waals surface area contributed by atoms with Gasteiger partial charge in [-0.3, -0.25) is 9.59 Å². The molecule has 0 atom stereocenters. The average molecular weight is 298 g/mol. The molecule has 1 aromatic carbocycles. The van der Waals surface area contributed by atoms with Gasteiger partial charge in [-0.1, -0.05) is 19.1 Å². The van der Waals surface area contributed by atoms with Gasteiger partial charge in [0.05, 0.1) is 4.90 Å². The summed E-state index contributed by atoms with van der Waals surface area (Å²) in [6, 6.07) is 5.90. The van der Waals surface area contributed by atoms with Gasteiger partial charge in [0.1, 0.15) is 0 Å². The summed E-state index contributed by atoms with van der Waals surface area (Å²) in [5, 5.41) is 2.49. The van der Waals surface area contributed by atoms with Gasteiger partial charge in [-0.15, -0.1) is 0 Å². The molecule has 1 amide bonds. The maximum atomic E-state index is 12.0. The van der Waals surface area contributed by atoms with Crippen molar-refractivity contribution in [3.8, 4) is 0 Å². The highest BCUT2D eigenvalue weighted by atomic mass is 32.2. The van der Waals surface area contributed by atoms with E-state index in [0.29, 0.717) is 12.0 Å². The Kier molecular flexibility index (Phi) is 5.84. The van der Waals surface area contributed by atoms with Crippen LogP contribution in [0.4, 0.5) is 0 Å². The highest BCUT2D eigenvalue weighted by Crippen LogP contribution is 2.12. The number of rotatable bonds is 7. The highest BCUT2D eigenvalue weighted by Gasteiger charge is 2.15. The van der Waals surface area contributed by atoms with Gasteiger partial charge >= 0.3 is 0 Å². The molecule has 0 unspecified atom stereocenters. The minimum absolute atomic E-state index is 0.0413. The Morgan fingerprint density at radius 1 is 1.20 bits per heavy atom. The molecule has 0 saturated carbocycles. The molecule has 1 aromatic rings. The standard InChI is InChI=1S/C13H18N2O4S/c1-3-13(17)11-5-4-6-12(9-11)20(18,19)15-8-7-14-10(2)16/h4-6,9,15H,3,7-8H2,1-2H3,(H,14,16). The Balaban J connectivity index is 2.77. The smallest absolute Gasteiger partial charge is 0.240 e. The van der Waals surface area contributed by atoms with Gasteiger partial charge in [0, 0.05) is 32.0 Å². The van der Waals surface area contributed by atoms with Gasteiger partial charge in [-0.05, 0) is 12.1 Å². The monoisotopic (exact) mass is 298 g/mol. The second-order valence-electron chi connectivity index (χ2n) is 4.19.